The van der Waals surface area contributed by atoms with Crippen LogP contribution in [0.3, 0.4) is 0 Å². The summed E-state index contributed by atoms with van der Waals surface area (Å²) in [5.41, 5.74) is 1.25. The van der Waals surface area contributed by atoms with Crippen LogP contribution in [-0.4, -0.2) is 27.5 Å². The van der Waals surface area contributed by atoms with Crippen molar-refractivity contribution in [1.82, 2.24) is 9.78 Å². The van der Waals surface area contributed by atoms with Crippen LogP contribution in [0.25, 0.3) is 0 Å². The molecular formula is C24H22F3N3O2. The number of hydrogen-bond donors (Lipinski definition) is 1. The molecule has 2 heterocycles. The number of Topliss-reactive ketones (excluding diaryl/α,β-unsaturated/α-hetero) is 2. The van der Waals surface area contributed by atoms with Crippen molar-refractivity contribution in [2.24, 2.45) is 5.92 Å². The van der Waals surface area contributed by atoms with Gasteiger partial charge in [0.1, 0.15) is 5.82 Å². The number of aromatic nitrogens is 2. The zero-order chi connectivity index (χ0) is 22.9. The van der Waals surface area contributed by atoms with Gasteiger partial charge in [-0.25, -0.2) is 4.68 Å². The molecular weight excluding hydrogens is 419 g/mol. The first-order valence-corrected chi connectivity index (χ1v) is 10.3. The van der Waals surface area contributed by atoms with E-state index < -0.39 is 30.0 Å². The summed E-state index contributed by atoms with van der Waals surface area (Å²) in [4.78, 5) is 25.6. The lowest BCUT2D eigenvalue weighted by atomic mass is 9.92. The average Bonchev–Trinajstić information content (AvgIpc) is 3.22. The number of nitrogens with zero attached hydrogens (tertiary/aromatic N) is 2. The number of benzene rings is 2. The molecule has 1 aliphatic rings. The molecule has 1 unspecified atom stereocenters. The van der Waals surface area contributed by atoms with Crippen LogP contribution >= 0.6 is 0 Å². The summed E-state index contributed by atoms with van der Waals surface area (Å²) in [6.45, 7) is 1.64. The first-order chi connectivity index (χ1) is 15.3. The second-order valence-electron chi connectivity index (χ2n) is 8.01. The molecule has 4 rings (SSSR count). The van der Waals surface area contributed by atoms with Crippen molar-refractivity contribution in [3.05, 3.63) is 83.6 Å². The van der Waals surface area contributed by atoms with E-state index in [0.29, 0.717) is 11.1 Å². The van der Waals surface area contributed by atoms with Gasteiger partial charge in [-0.05, 0) is 5.56 Å². The molecule has 1 aromatic heterocycles. The van der Waals surface area contributed by atoms with E-state index in [0.717, 1.165) is 10.9 Å². The number of carbonyl (C=O) groups excluding carboxylic acids is 2. The molecule has 1 aliphatic heterocycles. The molecule has 5 nitrogen and oxygen atoms in total. The summed E-state index contributed by atoms with van der Waals surface area (Å²) in [5.74, 6) is -1.20. The van der Waals surface area contributed by atoms with Crippen molar-refractivity contribution in [2.75, 3.05) is 5.32 Å². The normalized spacial score (nSPS) is 19.0. The summed E-state index contributed by atoms with van der Waals surface area (Å²) in [7, 11) is 0. The molecule has 8 heteroatoms. The smallest absolute Gasteiger partial charge is 0.363 e. The molecule has 0 aliphatic carbocycles. The van der Waals surface area contributed by atoms with Crippen LogP contribution in [0.15, 0.2) is 66.9 Å². The van der Waals surface area contributed by atoms with Gasteiger partial charge in [-0.1, -0.05) is 67.6 Å². The Morgan fingerprint density at radius 2 is 1.72 bits per heavy atom. The van der Waals surface area contributed by atoms with Crippen LogP contribution in [-0.2, 0) is 0 Å². The van der Waals surface area contributed by atoms with Crippen LogP contribution in [0.1, 0.15) is 58.1 Å². The zero-order valence-electron chi connectivity index (χ0n) is 17.3. The highest BCUT2D eigenvalue weighted by Gasteiger charge is 2.47. The second kappa shape index (κ2) is 8.61. The largest absolute Gasteiger partial charge is 0.410 e. The molecule has 3 atom stereocenters. The number of ketones is 2. The maximum atomic E-state index is 13.8. The third-order valence-corrected chi connectivity index (χ3v) is 5.74. The van der Waals surface area contributed by atoms with Gasteiger partial charge in [0.25, 0.3) is 0 Å². The Morgan fingerprint density at radius 1 is 1.09 bits per heavy atom. The monoisotopic (exact) mass is 441 g/mol. The first-order valence-electron chi connectivity index (χ1n) is 10.3. The molecule has 0 saturated carbocycles. The Kier molecular flexibility index (Phi) is 5.86. The Balaban J connectivity index is 1.61. The Morgan fingerprint density at radius 3 is 2.34 bits per heavy atom. The number of fused-ring (bicyclic) bond motifs is 1. The molecule has 0 saturated heterocycles. The van der Waals surface area contributed by atoms with Crippen molar-refractivity contribution in [2.45, 2.75) is 38.0 Å². The maximum Gasteiger partial charge on any atom is 0.410 e. The van der Waals surface area contributed by atoms with Gasteiger partial charge in [-0.3, -0.25) is 9.59 Å². The molecule has 32 heavy (non-hydrogen) atoms. The van der Waals surface area contributed by atoms with Gasteiger partial charge in [-0.2, -0.15) is 18.3 Å². The highest BCUT2D eigenvalue weighted by molar-refractivity contribution is 6.05. The van der Waals surface area contributed by atoms with Gasteiger partial charge < -0.3 is 5.32 Å². The highest BCUT2D eigenvalue weighted by atomic mass is 19.4. The van der Waals surface area contributed by atoms with Crippen LogP contribution in [0.5, 0.6) is 0 Å². The number of nitrogens with one attached hydrogen (secondary N) is 1. The summed E-state index contributed by atoms with van der Waals surface area (Å²) in [6.07, 6.45) is -3.72. The summed E-state index contributed by atoms with van der Waals surface area (Å²) < 4.78 is 42.3. The Hall–Kier alpha value is -3.42. The fourth-order valence-corrected chi connectivity index (χ4v) is 4.04. The molecule has 0 radical (unpaired) electrons. The minimum Gasteiger partial charge on any atom is -0.363 e. The minimum absolute atomic E-state index is 0.0387. The van der Waals surface area contributed by atoms with E-state index >= 15 is 0 Å². The van der Waals surface area contributed by atoms with Gasteiger partial charge in [0, 0.05) is 24.3 Å². The fourth-order valence-electron chi connectivity index (χ4n) is 4.04. The molecule has 2 aromatic carbocycles. The summed E-state index contributed by atoms with van der Waals surface area (Å²) in [5, 5.41) is 6.97. The van der Waals surface area contributed by atoms with Gasteiger partial charge in [0.15, 0.2) is 17.6 Å². The molecule has 0 spiro atoms. The maximum absolute atomic E-state index is 13.8. The Bertz CT molecular complexity index is 1110. The van der Waals surface area contributed by atoms with Crippen LogP contribution in [0, 0.1) is 5.92 Å². The van der Waals surface area contributed by atoms with Crippen LogP contribution in [0.2, 0.25) is 0 Å². The van der Waals surface area contributed by atoms with Gasteiger partial charge >= 0.3 is 6.18 Å². The Labute approximate surface area is 183 Å². The molecule has 0 bridgehead atoms. The molecule has 0 fully saturated rings. The predicted octanol–water partition coefficient (Wildman–Crippen LogP) is 5.64. The topological polar surface area (TPSA) is 64.0 Å². The molecule has 166 valence electrons. The van der Waals surface area contributed by atoms with Crippen molar-refractivity contribution in [3.8, 4) is 0 Å². The van der Waals surface area contributed by atoms with Crippen molar-refractivity contribution in [1.29, 1.82) is 0 Å². The van der Waals surface area contributed by atoms with E-state index in [1.54, 1.807) is 67.6 Å². The highest BCUT2D eigenvalue weighted by Crippen LogP contribution is 2.44. The average molecular weight is 441 g/mol. The second-order valence-corrected chi connectivity index (χ2v) is 8.01. The van der Waals surface area contributed by atoms with Crippen molar-refractivity contribution in [3.63, 3.8) is 0 Å². The number of halogens is 3. The van der Waals surface area contributed by atoms with E-state index in [4.69, 9.17) is 0 Å². The lowest BCUT2D eigenvalue weighted by molar-refractivity contribution is -0.173. The number of alkyl halides is 3. The number of carbonyl (C=O) groups is 2. The molecule has 1 N–H and O–H groups in total. The van der Waals surface area contributed by atoms with Gasteiger partial charge in [0.05, 0.1) is 17.8 Å². The van der Waals surface area contributed by atoms with Gasteiger partial charge in [-0.15, -0.1) is 0 Å². The van der Waals surface area contributed by atoms with E-state index in [-0.39, 0.29) is 30.0 Å². The quantitative estimate of drug-likeness (QED) is 0.503. The lowest BCUT2D eigenvalue weighted by Crippen LogP contribution is -2.36. The summed E-state index contributed by atoms with van der Waals surface area (Å²) >= 11 is 0. The SMILES string of the molecule is CC(CC(=O)c1cnn2c1N[C@H](c1ccccc1)C[C@@H]2C(F)(F)F)C(=O)c1ccccc1. The third-order valence-electron chi connectivity index (χ3n) is 5.74. The minimum atomic E-state index is -4.52. The first kappa shape index (κ1) is 21.8. The van der Waals surface area contributed by atoms with E-state index in [2.05, 4.69) is 10.4 Å². The number of anilines is 1. The number of rotatable bonds is 6. The van der Waals surface area contributed by atoms with Crippen LogP contribution < -0.4 is 5.32 Å². The standard InChI is InChI=1S/C24H22F3N3O2/c1-15(22(32)17-10-6-3-7-11-17)12-20(31)18-14-28-30-21(24(25,26)27)13-19(29-23(18)30)16-8-4-2-5-9-16/h2-11,14-15,19,21,29H,12-13H2,1H3/t15?,19-,21+/m0/s1. The molecule has 0 amide bonds. The van der Waals surface area contributed by atoms with E-state index in [9.17, 15) is 22.8 Å². The van der Waals surface area contributed by atoms with Crippen molar-refractivity contribution < 1.29 is 22.8 Å². The van der Waals surface area contributed by atoms with Crippen LogP contribution in [0.4, 0.5) is 19.0 Å². The van der Waals surface area contributed by atoms with Crippen molar-refractivity contribution >= 4 is 17.4 Å². The lowest BCUT2D eigenvalue weighted by Gasteiger charge is -2.34. The van der Waals surface area contributed by atoms with Gasteiger partial charge in [0.2, 0.25) is 0 Å². The third kappa shape index (κ3) is 4.30. The number of hydrogen-bond acceptors (Lipinski definition) is 4. The van der Waals surface area contributed by atoms with E-state index in [1.165, 1.54) is 0 Å². The summed E-state index contributed by atoms with van der Waals surface area (Å²) in [6, 6.07) is 14.9. The van der Waals surface area contributed by atoms with E-state index in [1.807, 2.05) is 0 Å². The zero-order valence-corrected chi connectivity index (χ0v) is 17.3. The molecule has 3 aromatic rings. The predicted molar refractivity (Wildman–Crippen MR) is 114 cm³/mol. The fraction of sp³-hybridized carbons (Fsp3) is 0.292.